The highest BCUT2D eigenvalue weighted by Crippen LogP contribution is 2.42. The van der Waals surface area contributed by atoms with E-state index in [9.17, 15) is 14.5 Å². The number of carboxylic acids is 1. The van der Waals surface area contributed by atoms with E-state index in [4.69, 9.17) is 25.7 Å². The van der Waals surface area contributed by atoms with Crippen molar-refractivity contribution in [2.24, 2.45) is 5.73 Å². The van der Waals surface area contributed by atoms with Crippen LogP contribution in [0, 0.1) is 0 Å². The molecule has 2 atom stereocenters. The van der Waals surface area contributed by atoms with Gasteiger partial charge in [-0.15, -0.1) is 0 Å². The fourth-order valence-corrected chi connectivity index (χ4v) is 2.55. The number of carbonyl (C=O) groups is 1. The van der Waals surface area contributed by atoms with Gasteiger partial charge in [0.2, 0.25) is 0 Å². The Balaban J connectivity index is 4.93. The molecule has 1 unspecified atom stereocenters. The summed E-state index contributed by atoms with van der Waals surface area (Å²) in [5.74, 6) is -1.40. The van der Waals surface area contributed by atoms with Crippen LogP contribution >= 0.6 is 7.75 Å². The summed E-state index contributed by atoms with van der Waals surface area (Å²) in [5, 5.41) is 27.0. The van der Waals surface area contributed by atoms with Crippen LogP contribution in [0.15, 0.2) is 0 Å². The van der Waals surface area contributed by atoms with Crippen LogP contribution in [0.1, 0.15) is 19.3 Å². The summed E-state index contributed by atoms with van der Waals surface area (Å²) in [6.45, 7) is -0.993. The van der Waals surface area contributed by atoms with E-state index in [1.807, 2.05) is 0 Å². The standard InChI is InChI=1S/C9H21N2O7P/c10-4-2-1-3-8(9(14)15)11(19(16,17)18)5-7(13)6-12/h7-8,12-13H,1-6,10H2,(H,14,15)(H2,16,17,18)/t7?,8-/m0/s1. The van der Waals surface area contributed by atoms with Crippen LogP contribution in [0.25, 0.3) is 0 Å². The molecular weight excluding hydrogens is 279 g/mol. The van der Waals surface area contributed by atoms with Gasteiger partial charge in [0, 0.05) is 6.54 Å². The molecule has 7 N–H and O–H groups in total. The third-order valence-electron chi connectivity index (χ3n) is 2.52. The Kier molecular flexibility index (Phi) is 8.35. The molecule has 19 heavy (non-hydrogen) atoms. The van der Waals surface area contributed by atoms with Gasteiger partial charge in [-0.25, -0.2) is 4.57 Å². The van der Waals surface area contributed by atoms with E-state index in [0.29, 0.717) is 24.1 Å². The summed E-state index contributed by atoms with van der Waals surface area (Å²) in [6.07, 6.45) is -0.514. The minimum Gasteiger partial charge on any atom is -0.480 e. The van der Waals surface area contributed by atoms with E-state index >= 15 is 0 Å². The lowest BCUT2D eigenvalue weighted by Crippen LogP contribution is -2.43. The maximum atomic E-state index is 11.3. The predicted molar refractivity (Wildman–Crippen MR) is 66.2 cm³/mol. The van der Waals surface area contributed by atoms with Crippen LogP contribution in [0.3, 0.4) is 0 Å². The number of nitrogens with zero attached hydrogens (tertiary/aromatic N) is 1. The van der Waals surface area contributed by atoms with E-state index in [-0.39, 0.29) is 6.42 Å². The van der Waals surface area contributed by atoms with Gasteiger partial charge in [-0.05, 0) is 19.4 Å². The van der Waals surface area contributed by atoms with Gasteiger partial charge in [-0.2, -0.15) is 4.67 Å². The van der Waals surface area contributed by atoms with Crippen LogP contribution in [0.5, 0.6) is 0 Å². The zero-order valence-electron chi connectivity index (χ0n) is 10.4. The van der Waals surface area contributed by atoms with Crippen molar-refractivity contribution in [1.82, 2.24) is 4.67 Å². The predicted octanol–water partition coefficient (Wildman–Crippen LogP) is -1.68. The molecule has 0 fully saturated rings. The molecule has 0 aromatic heterocycles. The molecule has 0 aliphatic heterocycles. The van der Waals surface area contributed by atoms with Crippen molar-refractivity contribution in [3.8, 4) is 0 Å². The lowest BCUT2D eigenvalue weighted by molar-refractivity contribution is -0.142. The lowest BCUT2D eigenvalue weighted by Gasteiger charge is -2.30. The van der Waals surface area contributed by atoms with Gasteiger partial charge in [0.15, 0.2) is 0 Å². The van der Waals surface area contributed by atoms with E-state index in [1.165, 1.54) is 0 Å². The molecule has 0 aromatic rings. The first-order chi connectivity index (χ1) is 8.73. The zero-order valence-corrected chi connectivity index (χ0v) is 11.3. The topological polar surface area (TPSA) is 165 Å². The van der Waals surface area contributed by atoms with E-state index in [1.54, 1.807) is 0 Å². The minimum atomic E-state index is -4.85. The first kappa shape index (κ1) is 18.5. The number of carboxylic acid groups (broad SMARTS) is 1. The molecule has 0 aromatic carbocycles. The van der Waals surface area contributed by atoms with Crippen LogP contribution < -0.4 is 5.73 Å². The number of hydrogen-bond acceptors (Lipinski definition) is 5. The first-order valence-electron chi connectivity index (χ1n) is 5.78. The molecule has 0 rings (SSSR count). The number of aliphatic hydroxyl groups is 2. The molecule has 0 aliphatic rings. The number of aliphatic hydroxyl groups excluding tert-OH is 2. The van der Waals surface area contributed by atoms with Gasteiger partial charge in [0.25, 0.3) is 0 Å². The Hall–Kier alpha value is -0.540. The van der Waals surface area contributed by atoms with Gasteiger partial charge < -0.3 is 30.8 Å². The second-order valence-electron chi connectivity index (χ2n) is 4.11. The summed E-state index contributed by atoms with van der Waals surface area (Å²) < 4.78 is 11.7. The second-order valence-corrected chi connectivity index (χ2v) is 5.65. The molecule has 0 amide bonds. The van der Waals surface area contributed by atoms with Crippen molar-refractivity contribution >= 4 is 13.7 Å². The zero-order chi connectivity index (χ0) is 15.1. The molecule has 0 spiro atoms. The molecule has 0 saturated carbocycles. The molecular formula is C9H21N2O7P. The first-order valence-corrected chi connectivity index (χ1v) is 7.35. The van der Waals surface area contributed by atoms with Gasteiger partial charge in [-0.1, -0.05) is 6.42 Å². The summed E-state index contributed by atoms with van der Waals surface area (Å²) >= 11 is 0. The number of aliphatic carboxylic acids is 1. The van der Waals surface area contributed by atoms with Crippen molar-refractivity contribution < 1.29 is 34.5 Å². The Morgan fingerprint density at radius 3 is 2.26 bits per heavy atom. The van der Waals surface area contributed by atoms with Crippen molar-refractivity contribution in [3.05, 3.63) is 0 Å². The molecule has 10 heteroatoms. The number of rotatable bonds is 10. The van der Waals surface area contributed by atoms with Crippen LogP contribution in [0.2, 0.25) is 0 Å². The normalized spacial score (nSPS) is 15.5. The average molecular weight is 300 g/mol. The fourth-order valence-electron chi connectivity index (χ4n) is 1.57. The molecule has 114 valence electrons. The van der Waals surface area contributed by atoms with E-state index in [2.05, 4.69) is 0 Å². The van der Waals surface area contributed by atoms with E-state index in [0.717, 1.165) is 0 Å². The molecule has 0 saturated heterocycles. The third-order valence-corrected chi connectivity index (χ3v) is 3.63. The summed E-state index contributed by atoms with van der Waals surface area (Å²) in [6, 6.07) is -1.44. The highest BCUT2D eigenvalue weighted by atomic mass is 31.2. The molecule has 0 radical (unpaired) electrons. The monoisotopic (exact) mass is 300 g/mol. The van der Waals surface area contributed by atoms with Crippen molar-refractivity contribution in [3.63, 3.8) is 0 Å². The maximum Gasteiger partial charge on any atom is 0.403 e. The molecule has 0 bridgehead atoms. The fraction of sp³-hybridized carbons (Fsp3) is 0.889. The van der Waals surface area contributed by atoms with Crippen LogP contribution in [-0.2, 0) is 9.36 Å². The summed E-state index contributed by atoms with van der Waals surface area (Å²) in [7, 11) is -4.85. The molecule has 0 heterocycles. The minimum absolute atomic E-state index is 0.00417. The van der Waals surface area contributed by atoms with Crippen molar-refractivity contribution in [2.45, 2.75) is 31.4 Å². The number of hydrogen-bond donors (Lipinski definition) is 6. The maximum absolute atomic E-state index is 11.3. The Bertz CT molecular complexity index is 322. The van der Waals surface area contributed by atoms with Gasteiger partial charge >= 0.3 is 13.7 Å². The highest BCUT2D eigenvalue weighted by molar-refractivity contribution is 7.49. The van der Waals surface area contributed by atoms with E-state index < -0.39 is 39.0 Å². The van der Waals surface area contributed by atoms with Crippen LogP contribution in [-0.4, -0.2) is 67.6 Å². The quantitative estimate of drug-likeness (QED) is 0.204. The van der Waals surface area contributed by atoms with Crippen molar-refractivity contribution in [1.29, 1.82) is 0 Å². The summed E-state index contributed by atoms with van der Waals surface area (Å²) in [4.78, 5) is 29.4. The number of unbranched alkanes of at least 4 members (excludes halogenated alkanes) is 1. The Morgan fingerprint density at radius 2 is 1.89 bits per heavy atom. The summed E-state index contributed by atoms with van der Waals surface area (Å²) in [5.41, 5.74) is 5.27. The van der Waals surface area contributed by atoms with Crippen molar-refractivity contribution in [2.75, 3.05) is 19.7 Å². The third kappa shape index (κ3) is 6.98. The van der Waals surface area contributed by atoms with Crippen LogP contribution in [0.4, 0.5) is 0 Å². The van der Waals surface area contributed by atoms with Gasteiger partial charge in [0.1, 0.15) is 6.04 Å². The smallest absolute Gasteiger partial charge is 0.403 e. The second kappa shape index (κ2) is 8.60. The Morgan fingerprint density at radius 1 is 1.32 bits per heavy atom. The Labute approximate surface area is 110 Å². The average Bonchev–Trinajstić information content (AvgIpc) is 2.30. The molecule has 9 nitrogen and oxygen atoms in total. The van der Waals surface area contributed by atoms with Gasteiger partial charge in [0.05, 0.1) is 12.7 Å². The highest BCUT2D eigenvalue weighted by Gasteiger charge is 2.37. The largest absolute Gasteiger partial charge is 0.480 e. The lowest BCUT2D eigenvalue weighted by atomic mass is 10.1. The SMILES string of the molecule is NCCCC[C@@H](C(=O)O)N(CC(O)CO)P(=O)(O)O. The molecule has 0 aliphatic carbocycles. The number of nitrogens with two attached hydrogens (primary N) is 1. The van der Waals surface area contributed by atoms with Gasteiger partial charge in [-0.3, -0.25) is 4.79 Å².